The number of hydrogen-bond donors (Lipinski definition) is 0. The molecule has 0 aliphatic carbocycles. The SMILES string of the molecule is CCSc1ccccc1C(=O)N(CCCN1CCOCC1)c1nc2c(C)ccc(C)c2s1. The molecule has 0 unspecified atom stereocenters. The molecule has 1 amide bonds. The number of aryl methyl sites for hydroxylation is 2. The van der Waals surface area contributed by atoms with Crippen LogP contribution in [0.1, 0.15) is 34.8 Å². The van der Waals surface area contributed by atoms with E-state index < -0.39 is 0 Å². The van der Waals surface area contributed by atoms with E-state index in [4.69, 9.17) is 9.72 Å². The molecule has 2 aromatic carbocycles. The summed E-state index contributed by atoms with van der Waals surface area (Å²) in [5, 5.41) is 0.792. The zero-order valence-electron chi connectivity index (χ0n) is 19.1. The number of thiazole rings is 1. The van der Waals surface area contributed by atoms with E-state index in [2.05, 4.69) is 37.8 Å². The Morgan fingerprint density at radius 3 is 2.66 bits per heavy atom. The topological polar surface area (TPSA) is 45.7 Å². The van der Waals surface area contributed by atoms with Crippen molar-refractivity contribution in [3.8, 4) is 0 Å². The Kier molecular flexibility index (Phi) is 7.84. The average molecular weight is 470 g/mol. The van der Waals surface area contributed by atoms with Crippen molar-refractivity contribution < 1.29 is 9.53 Å². The first-order valence-corrected chi connectivity index (χ1v) is 13.1. The van der Waals surface area contributed by atoms with Gasteiger partial charge in [0, 0.05) is 31.1 Å². The van der Waals surface area contributed by atoms with Gasteiger partial charge in [-0.15, -0.1) is 11.8 Å². The maximum atomic E-state index is 13.8. The predicted molar refractivity (Wildman–Crippen MR) is 135 cm³/mol. The van der Waals surface area contributed by atoms with Crippen LogP contribution in [0.25, 0.3) is 10.2 Å². The van der Waals surface area contributed by atoms with Gasteiger partial charge in [0.2, 0.25) is 0 Å². The number of rotatable bonds is 8. The predicted octanol–water partition coefficient (Wildman–Crippen LogP) is 5.39. The molecule has 0 atom stereocenters. The molecule has 7 heteroatoms. The number of benzene rings is 2. The van der Waals surface area contributed by atoms with Crippen LogP contribution < -0.4 is 4.90 Å². The Hall–Kier alpha value is -1.93. The van der Waals surface area contributed by atoms with Crippen molar-refractivity contribution in [1.82, 2.24) is 9.88 Å². The molecule has 0 radical (unpaired) electrons. The summed E-state index contributed by atoms with van der Waals surface area (Å²) < 4.78 is 6.64. The van der Waals surface area contributed by atoms with Crippen LogP contribution in [-0.2, 0) is 4.74 Å². The first-order chi connectivity index (χ1) is 15.6. The number of thioether (sulfide) groups is 1. The van der Waals surface area contributed by atoms with Crippen molar-refractivity contribution in [2.75, 3.05) is 50.0 Å². The summed E-state index contributed by atoms with van der Waals surface area (Å²) in [4.78, 5) is 24.1. The van der Waals surface area contributed by atoms with E-state index in [1.807, 2.05) is 29.2 Å². The molecule has 1 fully saturated rings. The zero-order valence-corrected chi connectivity index (χ0v) is 20.7. The van der Waals surface area contributed by atoms with E-state index in [1.54, 1.807) is 23.1 Å². The minimum Gasteiger partial charge on any atom is -0.379 e. The number of carbonyl (C=O) groups excluding carboxylic acids is 1. The number of hydrogen-bond acceptors (Lipinski definition) is 6. The summed E-state index contributed by atoms with van der Waals surface area (Å²) in [6, 6.07) is 12.2. The smallest absolute Gasteiger partial charge is 0.261 e. The standard InChI is InChI=1S/C25H31N3O2S2/c1-4-31-21-9-6-5-8-20(21)24(29)28(13-7-12-27-14-16-30-17-15-27)25-26-22-18(2)10-11-19(3)23(22)32-25/h5-6,8-11H,4,7,12-17H2,1-3H3. The summed E-state index contributed by atoms with van der Waals surface area (Å²) in [6.07, 6.45) is 0.905. The number of nitrogens with zero attached hydrogens (tertiary/aromatic N) is 3. The number of aromatic nitrogens is 1. The highest BCUT2D eigenvalue weighted by Gasteiger charge is 2.24. The third-order valence-corrected chi connectivity index (χ3v) is 7.95. The van der Waals surface area contributed by atoms with Gasteiger partial charge in [-0.2, -0.15) is 0 Å². The van der Waals surface area contributed by atoms with Crippen molar-refractivity contribution in [3.05, 3.63) is 53.1 Å². The maximum absolute atomic E-state index is 13.8. The normalized spacial score (nSPS) is 14.7. The van der Waals surface area contributed by atoms with Gasteiger partial charge in [-0.25, -0.2) is 4.98 Å². The molecule has 0 spiro atoms. The van der Waals surface area contributed by atoms with E-state index in [1.165, 1.54) is 10.3 Å². The number of amides is 1. The van der Waals surface area contributed by atoms with Crippen molar-refractivity contribution >= 4 is 44.4 Å². The van der Waals surface area contributed by atoms with Crippen LogP contribution in [0, 0.1) is 13.8 Å². The first kappa shape index (κ1) is 23.2. The van der Waals surface area contributed by atoms with Crippen LogP contribution in [0.4, 0.5) is 5.13 Å². The van der Waals surface area contributed by atoms with Gasteiger partial charge in [0.25, 0.3) is 5.91 Å². The molecule has 1 saturated heterocycles. The lowest BCUT2D eigenvalue weighted by atomic mass is 10.1. The lowest BCUT2D eigenvalue weighted by Gasteiger charge is -2.28. The Morgan fingerprint density at radius 1 is 1.16 bits per heavy atom. The van der Waals surface area contributed by atoms with Crippen LogP contribution in [-0.4, -0.2) is 60.9 Å². The van der Waals surface area contributed by atoms with Crippen LogP contribution in [0.3, 0.4) is 0 Å². The fourth-order valence-corrected chi connectivity index (χ4v) is 5.93. The summed E-state index contributed by atoms with van der Waals surface area (Å²) in [6.45, 7) is 11.4. The van der Waals surface area contributed by atoms with Gasteiger partial charge in [0.15, 0.2) is 5.13 Å². The molecule has 4 rings (SSSR count). The highest BCUT2D eigenvalue weighted by molar-refractivity contribution is 7.99. The quantitative estimate of drug-likeness (QED) is 0.414. The highest BCUT2D eigenvalue weighted by atomic mass is 32.2. The summed E-state index contributed by atoms with van der Waals surface area (Å²) in [5.74, 6) is 0.971. The van der Waals surface area contributed by atoms with Crippen LogP contribution in [0.5, 0.6) is 0 Å². The third kappa shape index (κ3) is 5.17. The lowest BCUT2D eigenvalue weighted by molar-refractivity contribution is 0.0376. The molecule has 5 nitrogen and oxygen atoms in total. The second-order valence-electron chi connectivity index (χ2n) is 8.07. The fraction of sp³-hybridized carbons (Fsp3) is 0.440. The van der Waals surface area contributed by atoms with E-state index >= 15 is 0 Å². The highest BCUT2D eigenvalue weighted by Crippen LogP contribution is 2.34. The van der Waals surface area contributed by atoms with E-state index in [-0.39, 0.29) is 5.91 Å². The molecular formula is C25H31N3O2S2. The first-order valence-electron chi connectivity index (χ1n) is 11.3. The molecular weight excluding hydrogens is 438 g/mol. The van der Waals surface area contributed by atoms with Gasteiger partial charge in [0.1, 0.15) is 0 Å². The number of carbonyl (C=O) groups is 1. The zero-order chi connectivity index (χ0) is 22.5. The molecule has 1 aliphatic heterocycles. The number of fused-ring (bicyclic) bond motifs is 1. The van der Waals surface area contributed by atoms with E-state index in [0.29, 0.717) is 6.54 Å². The van der Waals surface area contributed by atoms with Gasteiger partial charge in [-0.05, 0) is 49.3 Å². The van der Waals surface area contributed by atoms with Crippen LogP contribution in [0.2, 0.25) is 0 Å². The molecule has 0 saturated carbocycles. The number of ether oxygens (including phenoxy) is 1. The van der Waals surface area contributed by atoms with E-state index in [9.17, 15) is 4.79 Å². The van der Waals surface area contributed by atoms with Gasteiger partial charge in [-0.1, -0.05) is 42.5 Å². The Balaban J connectivity index is 1.64. The van der Waals surface area contributed by atoms with Gasteiger partial charge in [0.05, 0.1) is 29.0 Å². The summed E-state index contributed by atoms with van der Waals surface area (Å²) in [5.41, 5.74) is 4.12. The molecule has 0 bridgehead atoms. The molecule has 1 aromatic heterocycles. The van der Waals surface area contributed by atoms with Crippen molar-refractivity contribution in [1.29, 1.82) is 0 Å². The molecule has 32 heavy (non-hydrogen) atoms. The van der Waals surface area contributed by atoms with Crippen molar-refractivity contribution in [2.45, 2.75) is 32.1 Å². The van der Waals surface area contributed by atoms with Crippen molar-refractivity contribution in [3.63, 3.8) is 0 Å². The third-order valence-electron chi connectivity index (χ3n) is 5.78. The summed E-state index contributed by atoms with van der Waals surface area (Å²) in [7, 11) is 0. The van der Waals surface area contributed by atoms with Crippen molar-refractivity contribution in [2.24, 2.45) is 0 Å². The Bertz CT molecular complexity index is 1040. The number of morpholine rings is 1. The van der Waals surface area contributed by atoms with Gasteiger partial charge < -0.3 is 4.74 Å². The molecule has 170 valence electrons. The molecule has 1 aliphatic rings. The van der Waals surface area contributed by atoms with Crippen LogP contribution in [0.15, 0.2) is 41.3 Å². The van der Waals surface area contributed by atoms with Crippen LogP contribution >= 0.6 is 23.1 Å². The number of anilines is 1. The summed E-state index contributed by atoms with van der Waals surface area (Å²) >= 11 is 3.34. The largest absolute Gasteiger partial charge is 0.379 e. The fourth-order valence-electron chi connectivity index (χ4n) is 3.99. The second kappa shape index (κ2) is 10.8. The van der Waals surface area contributed by atoms with E-state index in [0.717, 1.165) is 71.7 Å². The van der Waals surface area contributed by atoms with Gasteiger partial charge >= 0.3 is 0 Å². The Morgan fingerprint density at radius 2 is 1.91 bits per heavy atom. The molecule has 3 aromatic rings. The molecule has 2 heterocycles. The maximum Gasteiger partial charge on any atom is 0.261 e. The average Bonchev–Trinajstić information content (AvgIpc) is 3.27. The lowest BCUT2D eigenvalue weighted by Crippen LogP contribution is -2.39. The molecule has 0 N–H and O–H groups in total. The monoisotopic (exact) mass is 469 g/mol. The minimum absolute atomic E-state index is 0.0397. The minimum atomic E-state index is 0.0397. The van der Waals surface area contributed by atoms with Gasteiger partial charge in [-0.3, -0.25) is 14.6 Å². The Labute approximate surface area is 198 Å². The second-order valence-corrected chi connectivity index (χ2v) is 10.4.